The molecule has 184 valence electrons. The number of hydrogen-bond acceptors (Lipinski definition) is 4. The minimum absolute atomic E-state index is 0.402. The molecule has 1 heterocycles. The quantitative estimate of drug-likeness (QED) is 0.316. The van der Waals surface area contributed by atoms with Crippen LogP contribution in [0, 0.1) is 0 Å². The van der Waals surface area contributed by atoms with Crippen molar-refractivity contribution in [1.82, 2.24) is 15.5 Å². The van der Waals surface area contributed by atoms with E-state index in [1.807, 2.05) is 36.2 Å². The third kappa shape index (κ3) is 7.89. The number of likely N-dealkylation sites (N-methyl/N-ethyl adjacent to an activating group) is 1. The Morgan fingerprint density at radius 3 is 2.52 bits per heavy atom. The summed E-state index contributed by atoms with van der Waals surface area (Å²) in [6, 6.07) is 8.84. The SMILES string of the molecule is CCN1CCCC1CNC(=N/CNC1CCCCCC1)/N=C(\N)N(C)c1ccc(OC)cc1. The monoisotopic (exact) mass is 457 g/mol. The zero-order valence-corrected chi connectivity index (χ0v) is 20.7. The highest BCUT2D eigenvalue weighted by atomic mass is 16.5. The summed E-state index contributed by atoms with van der Waals surface area (Å²) in [4.78, 5) is 13.8. The van der Waals surface area contributed by atoms with Crippen LogP contribution in [0.25, 0.3) is 0 Å². The Morgan fingerprint density at radius 2 is 1.85 bits per heavy atom. The second-order valence-corrected chi connectivity index (χ2v) is 9.07. The van der Waals surface area contributed by atoms with Crippen molar-refractivity contribution < 1.29 is 4.74 Å². The van der Waals surface area contributed by atoms with Crippen molar-refractivity contribution in [3.8, 4) is 5.75 Å². The third-order valence-corrected chi connectivity index (χ3v) is 6.89. The zero-order chi connectivity index (χ0) is 23.5. The van der Waals surface area contributed by atoms with Gasteiger partial charge in [-0.1, -0.05) is 32.6 Å². The lowest BCUT2D eigenvalue weighted by Gasteiger charge is -2.24. The van der Waals surface area contributed by atoms with E-state index >= 15 is 0 Å². The number of ether oxygens (including phenoxy) is 1. The van der Waals surface area contributed by atoms with E-state index in [-0.39, 0.29) is 0 Å². The van der Waals surface area contributed by atoms with Gasteiger partial charge in [0.1, 0.15) is 5.75 Å². The van der Waals surface area contributed by atoms with Crippen LogP contribution < -0.4 is 26.0 Å². The first kappa shape index (κ1) is 25.3. The molecule has 1 aromatic rings. The van der Waals surface area contributed by atoms with Crippen molar-refractivity contribution >= 4 is 17.6 Å². The van der Waals surface area contributed by atoms with Crippen LogP contribution in [0.4, 0.5) is 5.69 Å². The molecule has 1 aliphatic carbocycles. The summed E-state index contributed by atoms with van der Waals surface area (Å²) >= 11 is 0. The topological polar surface area (TPSA) is 90.5 Å². The molecule has 0 spiro atoms. The average molecular weight is 458 g/mol. The van der Waals surface area contributed by atoms with Gasteiger partial charge in [0.2, 0.25) is 11.9 Å². The van der Waals surface area contributed by atoms with Gasteiger partial charge in [0.05, 0.1) is 13.8 Å². The lowest BCUT2D eigenvalue weighted by Crippen LogP contribution is -2.42. The van der Waals surface area contributed by atoms with E-state index in [1.165, 1.54) is 57.9 Å². The maximum absolute atomic E-state index is 6.39. The molecular formula is C25H43N7O. The van der Waals surface area contributed by atoms with Crippen molar-refractivity contribution in [2.24, 2.45) is 15.7 Å². The molecule has 8 nitrogen and oxygen atoms in total. The molecule has 0 radical (unpaired) electrons. The predicted molar refractivity (Wildman–Crippen MR) is 138 cm³/mol. The number of guanidine groups is 2. The molecule has 0 aromatic heterocycles. The van der Waals surface area contributed by atoms with Crippen LogP contribution in [-0.2, 0) is 0 Å². The molecule has 1 aromatic carbocycles. The van der Waals surface area contributed by atoms with E-state index in [1.54, 1.807) is 7.11 Å². The first-order valence-corrected chi connectivity index (χ1v) is 12.6. The lowest BCUT2D eigenvalue weighted by atomic mass is 10.1. The number of rotatable bonds is 8. The van der Waals surface area contributed by atoms with Crippen LogP contribution in [0.2, 0.25) is 0 Å². The Hall–Kier alpha value is -2.32. The summed E-state index contributed by atoms with van der Waals surface area (Å²) in [5.74, 6) is 1.81. The average Bonchev–Trinajstić information content (AvgIpc) is 3.15. The number of nitrogens with one attached hydrogen (secondary N) is 2. The van der Waals surface area contributed by atoms with Crippen molar-refractivity contribution in [2.75, 3.05) is 45.4 Å². The molecule has 2 aliphatic rings. The van der Waals surface area contributed by atoms with Crippen LogP contribution >= 0.6 is 0 Å². The first-order chi connectivity index (χ1) is 16.1. The third-order valence-electron chi connectivity index (χ3n) is 6.89. The van der Waals surface area contributed by atoms with E-state index in [9.17, 15) is 0 Å². The molecule has 2 fully saturated rings. The number of methoxy groups -OCH3 is 1. The molecule has 1 aliphatic heterocycles. The maximum Gasteiger partial charge on any atom is 0.222 e. The number of nitrogens with zero attached hydrogens (tertiary/aromatic N) is 4. The molecule has 3 rings (SSSR count). The minimum Gasteiger partial charge on any atom is -0.497 e. The Balaban J connectivity index is 1.66. The zero-order valence-electron chi connectivity index (χ0n) is 20.7. The van der Waals surface area contributed by atoms with Gasteiger partial charge in [-0.15, -0.1) is 0 Å². The second-order valence-electron chi connectivity index (χ2n) is 9.07. The Morgan fingerprint density at radius 1 is 1.12 bits per heavy atom. The molecule has 33 heavy (non-hydrogen) atoms. The van der Waals surface area contributed by atoms with Crippen LogP contribution in [0.15, 0.2) is 34.3 Å². The molecule has 1 unspecified atom stereocenters. The Labute approximate surface area is 199 Å². The Kier molecular flexibility index (Phi) is 10.3. The van der Waals surface area contributed by atoms with Crippen molar-refractivity contribution in [3.63, 3.8) is 0 Å². The number of anilines is 1. The minimum atomic E-state index is 0.402. The van der Waals surface area contributed by atoms with Crippen molar-refractivity contribution in [2.45, 2.75) is 70.4 Å². The second kappa shape index (κ2) is 13.4. The van der Waals surface area contributed by atoms with E-state index < -0.39 is 0 Å². The van der Waals surface area contributed by atoms with Gasteiger partial charge in [-0.2, -0.15) is 4.99 Å². The summed E-state index contributed by atoms with van der Waals surface area (Å²) in [6.07, 6.45) is 10.2. The highest BCUT2D eigenvalue weighted by molar-refractivity contribution is 6.02. The summed E-state index contributed by atoms with van der Waals surface area (Å²) in [5, 5.41) is 7.10. The number of nitrogens with two attached hydrogens (primary N) is 1. The highest BCUT2D eigenvalue weighted by Gasteiger charge is 2.23. The predicted octanol–water partition coefficient (Wildman–Crippen LogP) is 3.15. The molecule has 8 heteroatoms. The van der Waals surface area contributed by atoms with Gasteiger partial charge in [-0.3, -0.25) is 10.2 Å². The summed E-state index contributed by atoms with van der Waals surface area (Å²) in [6.45, 7) is 5.86. The van der Waals surface area contributed by atoms with E-state index in [2.05, 4.69) is 27.4 Å². The van der Waals surface area contributed by atoms with Gasteiger partial charge in [-0.05, 0) is 63.0 Å². The van der Waals surface area contributed by atoms with Gasteiger partial charge in [0.25, 0.3) is 0 Å². The van der Waals surface area contributed by atoms with Crippen molar-refractivity contribution in [3.05, 3.63) is 24.3 Å². The van der Waals surface area contributed by atoms with Crippen molar-refractivity contribution in [1.29, 1.82) is 0 Å². The number of benzene rings is 1. The molecule has 0 bridgehead atoms. The molecule has 1 saturated heterocycles. The largest absolute Gasteiger partial charge is 0.497 e. The maximum atomic E-state index is 6.39. The van der Waals surface area contributed by atoms with E-state index in [4.69, 9.17) is 15.5 Å². The van der Waals surface area contributed by atoms with Crippen LogP contribution in [0.3, 0.4) is 0 Å². The normalized spacial score (nSPS) is 21.1. The van der Waals surface area contributed by atoms with Gasteiger partial charge in [0, 0.05) is 31.4 Å². The molecule has 1 atom stereocenters. The number of aliphatic imine (C=N–C) groups is 2. The van der Waals surface area contributed by atoms with Gasteiger partial charge >= 0.3 is 0 Å². The fourth-order valence-electron chi connectivity index (χ4n) is 4.74. The molecule has 1 saturated carbocycles. The van der Waals surface area contributed by atoms with Gasteiger partial charge in [0.15, 0.2) is 0 Å². The first-order valence-electron chi connectivity index (χ1n) is 12.6. The summed E-state index contributed by atoms with van der Waals surface area (Å²) in [5.41, 5.74) is 7.33. The van der Waals surface area contributed by atoms with Gasteiger partial charge < -0.3 is 20.7 Å². The molecular weight excluding hydrogens is 414 g/mol. The fraction of sp³-hybridized carbons (Fsp3) is 0.680. The molecule has 0 amide bonds. The standard InChI is InChI=1S/C25H43N7O/c1-4-32-17-9-12-22(32)18-27-25(29-19-28-20-10-7-5-6-8-11-20)30-24(26)31(2)21-13-15-23(33-3)16-14-21/h13-16,20,22,28H,4-12,17-19H2,1-3H3,(H3,26,27,29,30). The van der Waals surface area contributed by atoms with E-state index in [0.717, 1.165) is 24.5 Å². The molecule has 4 N–H and O–H groups in total. The number of likely N-dealkylation sites (tertiary alicyclic amines) is 1. The summed E-state index contributed by atoms with van der Waals surface area (Å²) in [7, 11) is 3.58. The lowest BCUT2D eigenvalue weighted by molar-refractivity contribution is 0.267. The smallest absolute Gasteiger partial charge is 0.222 e. The summed E-state index contributed by atoms with van der Waals surface area (Å²) < 4.78 is 5.25. The number of hydrogen-bond donors (Lipinski definition) is 3. The van der Waals surface area contributed by atoms with E-state index in [0.29, 0.717) is 30.7 Å². The van der Waals surface area contributed by atoms with Crippen LogP contribution in [-0.4, -0.2) is 69.4 Å². The highest BCUT2D eigenvalue weighted by Crippen LogP contribution is 2.19. The Bertz CT molecular complexity index is 757. The van der Waals surface area contributed by atoms with Crippen LogP contribution in [0.5, 0.6) is 5.75 Å². The van der Waals surface area contributed by atoms with Crippen LogP contribution in [0.1, 0.15) is 58.3 Å². The fourth-order valence-corrected chi connectivity index (χ4v) is 4.74. The van der Waals surface area contributed by atoms with Gasteiger partial charge in [-0.25, -0.2) is 4.99 Å².